The van der Waals surface area contributed by atoms with Crippen molar-refractivity contribution in [1.29, 1.82) is 0 Å². The maximum atomic E-state index is 10.8. The molecule has 0 saturated heterocycles. The number of aromatic nitrogens is 2. The summed E-state index contributed by atoms with van der Waals surface area (Å²) in [5, 5.41) is 10.0. The van der Waals surface area contributed by atoms with Crippen LogP contribution >= 0.6 is 11.3 Å². The van der Waals surface area contributed by atoms with Crippen LogP contribution in [0.15, 0.2) is 11.3 Å². The number of rotatable bonds is 5. The third-order valence-electron chi connectivity index (χ3n) is 5.58. The summed E-state index contributed by atoms with van der Waals surface area (Å²) in [5.41, 5.74) is 2.64. The third-order valence-corrected chi connectivity index (χ3v) is 6.78. The van der Waals surface area contributed by atoms with Crippen LogP contribution in [0.3, 0.4) is 0 Å². The average molecular weight is 372 g/mol. The van der Waals surface area contributed by atoms with Crippen molar-refractivity contribution in [2.24, 2.45) is 4.99 Å². The van der Waals surface area contributed by atoms with Crippen molar-refractivity contribution in [3.05, 3.63) is 16.8 Å². The van der Waals surface area contributed by atoms with E-state index in [0.29, 0.717) is 12.6 Å². The number of nitrogens with zero attached hydrogens (tertiary/aromatic N) is 4. The molecule has 0 spiro atoms. The smallest absolute Gasteiger partial charge is 0.304 e. The van der Waals surface area contributed by atoms with Crippen LogP contribution in [0.25, 0.3) is 10.2 Å². The molecular formula is C19H24N4O2S. The van der Waals surface area contributed by atoms with E-state index in [1.165, 1.54) is 28.0 Å². The van der Waals surface area contributed by atoms with E-state index in [0.717, 1.165) is 49.2 Å². The Hall–Kier alpha value is -1.86. The Labute approximate surface area is 157 Å². The van der Waals surface area contributed by atoms with Gasteiger partial charge in [0.15, 0.2) is 5.82 Å². The standard InChI is InChI=1S/C19H24N4O2S/c1-23(10-9-16(24)25)13-7-5-12(6-8-13)22-18-17-14-3-2-4-15(14)26-19(17)21-11-20-18/h11,13H,2-10H2,1H3,(H,24,25). The highest BCUT2D eigenvalue weighted by Crippen LogP contribution is 2.40. The molecule has 2 heterocycles. The van der Waals surface area contributed by atoms with Gasteiger partial charge in [-0.05, 0) is 57.6 Å². The summed E-state index contributed by atoms with van der Waals surface area (Å²) in [7, 11) is 2.03. The number of carboxylic acid groups (broad SMARTS) is 1. The molecule has 2 aliphatic carbocycles. The predicted octanol–water partition coefficient (Wildman–Crippen LogP) is 3.60. The highest BCUT2D eigenvalue weighted by Gasteiger charge is 2.24. The fourth-order valence-electron chi connectivity index (χ4n) is 4.09. The summed E-state index contributed by atoms with van der Waals surface area (Å²) >= 11 is 1.80. The van der Waals surface area contributed by atoms with Gasteiger partial charge in [0.1, 0.15) is 11.2 Å². The SMILES string of the molecule is CN(CCC(=O)O)C1CCC(=Nc2ncnc3sc4c(c23)CCC4)CC1. The molecule has 1 saturated carbocycles. The van der Waals surface area contributed by atoms with Crippen molar-refractivity contribution in [2.45, 2.75) is 57.4 Å². The van der Waals surface area contributed by atoms with Gasteiger partial charge in [-0.1, -0.05) is 0 Å². The van der Waals surface area contributed by atoms with Crippen molar-refractivity contribution < 1.29 is 9.90 Å². The second-order valence-corrected chi connectivity index (χ2v) is 8.35. The number of aliphatic imine (C=N–C) groups is 1. The van der Waals surface area contributed by atoms with Gasteiger partial charge in [-0.25, -0.2) is 15.0 Å². The normalized spacial score (nSPS) is 19.9. The van der Waals surface area contributed by atoms with Crippen LogP contribution in [0, 0.1) is 0 Å². The minimum atomic E-state index is -0.731. The lowest BCUT2D eigenvalue weighted by Gasteiger charge is -2.31. The average Bonchev–Trinajstić information content (AvgIpc) is 3.21. The Bertz CT molecular complexity index is 851. The van der Waals surface area contributed by atoms with E-state index in [9.17, 15) is 4.79 Å². The summed E-state index contributed by atoms with van der Waals surface area (Å²) in [4.78, 5) is 29.3. The monoisotopic (exact) mass is 372 g/mol. The number of aryl methyl sites for hydroxylation is 2. The molecule has 2 aromatic heterocycles. The summed E-state index contributed by atoms with van der Waals surface area (Å²) in [6.07, 6.45) is 9.34. The van der Waals surface area contributed by atoms with Crippen LogP contribution < -0.4 is 0 Å². The minimum absolute atomic E-state index is 0.204. The maximum Gasteiger partial charge on any atom is 0.304 e. The lowest BCUT2D eigenvalue weighted by Crippen LogP contribution is -2.36. The van der Waals surface area contributed by atoms with E-state index in [-0.39, 0.29) is 6.42 Å². The third kappa shape index (κ3) is 3.50. The highest BCUT2D eigenvalue weighted by molar-refractivity contribution is 7.19. The molecule has 1 fully saturated rings. The zero-order valence-electron chi connectivity index (χ0n) is 15.1. The second-order valence-electron chi connectivity index (χ2n) is 7.27. The van der Waals surface area contributed by atoms with Gasteiger partial charge in [-0.2, -0.15) is 0 Å². The topological polar surface area (TPSA) is 78.7 Å². The molecule has 1 N–H and O–H groups in total. The number of aliphatic carboxylic acids is 1. The molecule has 0 amide bonds. The highest BCUT2D eigenvalue weighted by atomic mass is 32.1. The van der Waals surface area contributed by atoms with Crippen molar-refractivity contribution in [1.82, 2.24) is 14.9 Å². The van der Waals surface area contributed by atoms with Crippen LogP contribution in [0.4, 0.5) is 5.82 Å². The maximum absolute atomic E-state index is 10.8. The van der Waals surface area contributed by atoms with E-state index in [1.54, 1.807) is 17.7 Å². The molecule has 7 heteroatoms. The van der Waals surface area contributed by atoms with Crippen LogP contribution in [0.1, 0.15) is 49.0 Å². The van der Waals surface area contributed by atoms with Crippen molar-refractivity contribution >= 4 is 39.1 Å². The van der Waals surface area contributed by atoms with Gasteiger partial charge in [-0.3, -0.25) is 4.79 Å². The van der Waals surface area contributed by atoms with Crippen LogP contribution in [0.5, 0.6) is 0 Å². The van der Waals surface area contributed by atoms with Gasteiger partial charge < -0.3 is 10.0 Å². The molecule has 2 aromatic rings. The first kappa shape index (κ1) is 17.5. The summed E-state index contributed by atoms with van der Waals surface area (Å²) in [6.45, 7) is 0.611. The number of carboxylic acids is 1. The Morgan fingerprint density at radius 2 is 2.12 bits per heavy atom. The van der Waals surface area contributed by atoms with E-state index in [1.807, 2.05) is 7.05 Å². The molecule has 0 aromatic carbocycles. The second kappa shape index (κ2) is 7.40. The Morgan fingerprint density at radius 1 is 1.31 bits per heavy atom. The Balaban J connectivity index is 1.47. The van der Waals surface area contributed by atoms with E-state index in [2.05, 4.69) is 14.9 Å². The Morgan fingerprint density at radius 3 is 2.88 bits per heavy atom. The largest absolute Gasteiger partial charge is 0.481 e. The number of thiophene rings is 1. The molecule has 2 aliphatic rings. The van der Waals surface area contributed by atoms with Gasteiger partial charge >= 0.3 is 5.97 Å². The molecule has 0 atom stereocenters. The summed E-state index contributed by atoms with van der Waals surface area (Å²) in [5.74, 6) is 0.119. The first-order valence-corrected chi connectivity index (χ1v) is 10.2. The van der Waals surface area contributed by atoms with E-state index >= 15 is 0 Å². The van der Waals surface area contributed by atoms with Gasteiger partial charge in [0, 0.05) is 23.2 Å². The molecule has 26 heavy (non-hydrogen) atoms. The zero-order valence-corrected chi connectivity index (χ0v) is 15.9. The van der Waals surface area contributed by atoms with Gasteiger partial charge in [-0.15, -0.1) is 11.3 Å². The van der Waals surface area contributed by atoms with Crippen molar-refractivity contribution in [3.8, 4) is 0 Å². The molecule has 0 unspecified atom stereocenters. The molecule has 138 valence electrons. The summed E-state index contributed by atoms with van der Waals surface area (Å²) in [6, 6.07) is 0.448. The molecule has 0 bridgehead atoms. The fraction of sp³-hybridized carbons (Fsp3) is 0.579. The van der Waals surface area contributed by atoms with Crippen molar-refractivity contribution in [3.63, 3.8) is 0 Å². The van der Waals surface area contributed by atoms with Gasteiger partial charge in [0.25, 0.3) is 0 Å². The number of carbonyl (C=O) groups is 1. The van der Waals surface area contributed by atoms with Crippen LogP contribution in [0.2, 0.25) is 0 Å². The lowest BCUT2D eigenvalue weighted by molar-refractivity contribution is -0.137. The van der Waals surface area contributed by atoms with Gasteiger partial charge in [0.2, 0.25) is 0 Å². The fourth-order valence-corrected chi connectivity index (χ4v) is 5.31. The van der Waals surface area contributed by atoms with Crippen LogP contribution in [-0.4, -0.2) is 51.3 Å². The molecular weight excluding hydrogens is 348 g/mol. The molecule has 6 nitrogen and oxygen atoms in total. The van der Waals surface area contributed by atoms with Gasteiger partial charge in [0.05, 0.1) is 11.8 Å². The first-order chi connectivity index (χ1) is 12.6. The molecule has 0 radical (unpaired) electrons. The number of fused-ring (bicyclic) bond motifs is 3. The zero-order chi connectivity index (χ0) is 18.1. The summed E-state index contributed by atoms with van der Waals surface area (Å²) < 4.78 is 0. The number of hydrogen-bond acceptors (Lipinski definition) is 6. The Kier molecular flexibility index (Phi) is 5.00. The molecule has 0 aliphatic heterocycles. The van der Waals surface area contributed by atoms with Crippen molar-refractivity contribution in [2.75, 3.05) is 13.6 Å². The minimum Gasteiger partial charge on any atom is -0.481 e. The van der Waals surface area contributed by atoms with E-state index < -0.39 is 5.97 Å². The van der Waals surface area contributed by atoms with E-state index in [4.69, 9.17) is 10.1 Å². The number of hydrogen-bond donors (Lipinski definition) is 1. The lowest BCUT2D eigenvalue weighted by atomic mass is 9.92. The quantitative estimate of drug-likeness (QED) is 0.867. The predicted molar refractivity (Wildman–Crippen MR) is 104 cm³/mol. The first-order valence-electron chi connectivity index (χ1n) is 9.35. The molecule has 4 rings (SSSR count). The van der Waals surface area contributed by atoms with Crippen LogP contribution in [-0.2, 0) is 17.6 Å².